The lowest BCUT2D eigenvalue weighted by Crippen LogP contribution is -2.15. The topological polar surface area (TPSA) is 116 Å². The number of benzene rings is 3. The second-order valence-corrected chi connectivity index (χ2v) is 6.53. The van der Waals surface area contributed by atoms with Gasteiger partial charge in [-0.2, -0.15) is 0 Å². The van der Waals surface area contributed by atoms with Crippen LogP contribution in [0.25, 0.3) is 11.1 Å². The molecule has 0 atom stereocenters. The van der Waals surface area contributed by atoms with E-state index in [0.29, 0.717) is 27.9 Å². The van der Waals surface area contributed by atoms with E-state index in [-0.39, 0.29) is 17.3 Å². The fourth-order valence-corrected chi connectivity index (χ4v) is 3.07. The minimum absolute atomic E-state index is 0.0499. The van der Waals surface area contributed by atoms with Crippen LogP contribution in [0.5, 0.6) is 0 Å². The first-order valence-electron chi connectivity index (χ1n) is 9.12. The second kappa shape index (κ2) is 8.39. The molecule has 0 unspecified atom stereocenters. The van der Waals surface area contributed by atoms with Crippen LogP contribution in [0.15, 0.2) is 66.7 Å². The Bertz CT molecular complexity index is 1090. The molecule has 0 saturated carbocycles. The molecule has 6 heteroatoms. The highest BCUT2D eigenvalue weighted by Gasteiger charge is 2.18. The Morgan fingerprint density at radius 2 is 1.62 bits per heavy atom. The summed E-state index contributed by atoms with van der Waals surface area (Å²) < 4.78 is 0. The number of nitrogen functional groups attached to an aromatic ring is 1. The molecule has 0 radical (unpaired) electrons. The Hall–Kier alpha value is -3.93. The summed E-state index contributed by atoms with van der Waals surface area (Å²) in [5.41, 5.74) is 9.12. The van der Waals surface area contributed by atoms with Crippen LogP contribution in [-0.4, -0.2) is 22.8 Å². The average Bonchev–Trinajstić information content (AvgIpc) is 2.73. The molecule has 0 fully saturated rings. The largest absolute Gasteiger partial charge is 0.478 e. The molecule has 0 aliphatic heterocycles. The SMILES string of the molecule is CCc1ccc(-c2ccccc2C(=O)O)c(C(=O)Nc2ccc(C(=N)N)cc2)c1. The summed E-state index contributed by atoms with van der Waals surface area (Å²) in [6.07, 6.45) is 0.744. The zero-order valence-electron chi connectivity index (χ0n) is 15.9. The summed E-state index contributed by atoms with van der Waals surface area (Å²) in [7, 11) is 0. The number of amides is 1. The molecule has 3 aromatic rings. The Labute approximate surface area is 168 Å². The van der Waals surface area contributed by atoms with Gasteiger partial charge in [0, 0.05) is 16.8 Å². The smallest absolute Gasteiger partial charge is 0.336 e. The number of hydrogen-bond donors (Lipinski definition) is 4. The van der Waals surface area contributed by atoms with Gasteiger partial charge in [0.05, 0.1) is 5.56 Å². The van der Waals surface area contributed by atoms with Crippen LogP contribution < -0.4 is 11.1 Å². The van der Waals surface area contributed by atoms with Gasteiger partial charge in [0.15, 0.2) is 0 Å². The second-order valence-electron chi connectivity index (χ2n) is 6.53. The van der Waals surface area contributed by atoms with Crippen LogP contribution in [0.2, 0.25) is 0 Å². The van der Waals surface area contributed by atoms with Crippen molar-refractivity contribution in [2.75, 3.05) is 5.32 Å². The lowest BCUT2D eigenvalue weighted by atomic mass is 9.93. The highest BCUT2D eigenvalue weighted by molar-refractivity contribution is 6.10. The van der Waals surface area contributed by atoms with Crippen LogP contribution >= 0.6 is 0 Å². The summed E-state index contributed by atoms with van der Waals surface area (Å²) in [4.78, 5) is 24.7. The van der Waals surface area contributed by atoms with Gasteiger partial charge in [-0.05, 0) is 59.5 Å². The summed E-state index contributed by atoms with van der Waals surface area (Å²) in [5, 5.41) is 19.8. The van der Waals surface area contributed by atoms with Crippen molar-refractivity contribution in [1.82, 2.24) is 0 Å². The Kier molecular flexibility index (Phi) is 5.74. The molecule has 3 rings (SSSR count). The molecular weight excluding hydrogens is 366 g/mol. The normalized spacial score (nSPS) is 10.4. The Morgan fingerprint density at radius 3 is 2.24 bits per heavy atom. The highest BCUT2D eigenvalue weighted by atomic mass is 16.4. The number of nitrogens with one attached hydrogen (secondary N) is 2. The number of anilines is 1. The van der Waals surface area contributed by atoms with Crippen LogP contribution in [0.4, 0.5) is 5.69 Å². The van der Waals surface area contributed by atoms with Gasteiger partial charge in [-0.25, -0.2) is 4.79 Å². The van der Waals surface area contributed by atoms with E-state index in [4.69, 9.17) is 11.1 Å². The molecule has 5 N–H and O–H groups in total. The third-order valence-electron chi connectivity index (χ3n) is 4.64. The zero-order valence-corrected chi connectivity index (χ0v) is 15.9. The van der Waals surface area contributed by atoms with Crippen LogP contribution in [0.1, 0.15) is 38.8 Å². The third kappa shape index (κ3) is 4.32. The quantitative estimate of drug-likeness (QED) is 0.375. The van der Waals surface area contributed by atoms with Gasteiger partial charge in [-0.3, -0.25) is 10.2 Å². The highest BCUT2D eigenvalue weighted by Crippen LogP contribution is 2.29. The summed E-state index contributed by atoms with van der Waals surface area (Å²) in [6.45, 7) is 1.99. The first-order valence-corrected chi connectivity index (χ1v) is 9.12. The minimum atomic E-state index is -1.05. The molecule has 0 aliphatic rings. The van der Waals surface area contributed by atoms with Crippen molar-refractivity contribution in [1.29, 1.82) is 5.41 Å². The van der Waals surface area contributed by atoms with E-state index in [1.807, 2.05) is 13.0 Å². The van der Waals surface area contributed by atoms with E-state index < -0.39 is 5.97 Å². The summed E-state index contributed by atoms with van der Waals surface area (Å²) >= 11 is 0. The van der Waals surface area contributed by atoms with Crippen molar-refractivity contribution in [2.45, 2.75) is 13.3 Å². The molecule has 0 aliphatic carbocycles. The molecule has 3 aromatic carbocycles. The minimum Gasteiger partial charge on any atom is -0.478 e. The Balaban J connectivity index is 2.03. The molecular formula is C23H21N3O3. The standard InChI is InChI=1S/C23H21N3O3/c1-2-14-7-12-18(17-5-3-4-6-19(17)23(28)29)20(13-14)22(27)26-16-10-8-15(9-11-16)21(24)25/h3-13H,2H2,1H3,(H3,24,25)(H,26,27)(H,28,29). The fourth-order valence-electron chi connectivity index (χ4n) is 3.07. The first kappa shape index (κ1) is 19.8. The molecule has 0 aromatic heterocycles. The monoisotopic (exact) mass is 387 g/mol. The van der Waals surface area contributed by atoms with Gasteiger partial charge in [-0.1, -0.05) is 37.3 Å². The van der Waals surface area contributed by atoms with E-state index in [2.05, 4.69) is 5.32 Å². The van der Waals surface area contributed by atoms with E-state index >= 15 is 0 Å². The van der Waals surface area contributed by atoms with Gasteiger partial charge in [-0.15, -0.1) is 0 Å². The van der Waals surface area contributed by atoms with Gasteiger partial charge >= 0.3 is 5.97 Å². The van der Waals surface area contributed by atoms with Crippen LogP contribution in [0, 0.1) is 5.41 Å². The predicted octanol–water partition coefficient (Wildman–Crippen LogP) is 4.15. The first-order chi connectivity index (χ1) is 13.9. The predicted molar refractivity (Wildman–Crippen MR) is 114 cm³/mol. The molecule has 29 heavy (non-hydrogen) atoms. The number of carboxylic acids is 1. The number of aryl methyl sites for hydroxylation is 1. The number of carbonyl (C=O) groups excluding carboxylic acids is 1. The lowest BCUT2D eigenvalue weighted by Gasteiger charge is -2.14. The number of amidine groups is 1. The lowest BCUT2D eigenvalue weighted by molar-refractivity contribution is 0.0697. The molecule has 146 valence electrons. The zero-order chi connectivity index (χ0) is 21.0. The molecule has 0 heterocycles. The Morgan fingerprint density at radius 1 is 0.966 bits per heavy atom. The molecule has 0 saturated heterocycles. The number of hydrogen-bond acceptors (Lipinski definition) is 3. The van der Waals surface area contributed by atoms with E-state index in [9.17, 15) is 14.7 Å². The van der Waals surface area contributed by atoms with Crippen molar-refractivity contribution in [3.8, 4) is 11.1 Å². The van der Waals surface area contributed by atoms with Gasteiger partial charge in [0.2, 0.25) is 0 Å². The fraction of sp³-hybridized carbons (Fsp3) is 0.0870. The summed E-state index contributed by atoms with van der Waals surface area (Å²) in [6, 6.07) is 18.7. The maximum Gasteiger partial charge on any atom is 0.336 e. The van der Waals surface area contributed by atoms with E-state index in [1.165, 1.54) is 6.07 Å². The van der Waals surface area contributed by atoms with Gasteiger partial charge < -0.3 is 16.2 Å². The van der Waals surface area contributed by atoms with Gasteiger partial charge in [0.1, 0.15) is 5.84 Å². The number of rotatable bonds is 6. The number of carbonyl (C=O) groups is 2. The van der Waals surface area contributed by atoms with Gasteiger partial charge in [0.25, 0.3) is 5.91 Å². The molecule has 0 bridgehead atoms. The van der Waals surface area contributed by atoms with Crippen LogP contribution in [0.3, 0.4) is 0 Å². The molecule has 1 amide bonds. The van der Waals surface area contributed by atoms with Crippen LogP contribution in [-0.2, 0) is 6.42 Å². The van der Waals surface area contributed by atoms with Crippen molar-refractivity contribution in [3.63, 3.8) is 0 Å². The van der Waals surface area contributed by atoms with Crippen molar-refractivity contribution in [3.05, 3.63) is 89.0 Å². The summed E-state index contributed by atoms with van der Waals surface area (Å²) in [5.74, 6) is -1.44. The van der Waals surface area contributed by atoms with Crippen molar-refractivity contribution >= 4 is 23.4 Å². The maximum atomic E-state index is 13.1. The number of aromatic carboxylic acids is 1. The molecule has 6 nitrogen and oxygen atoms in total. The number of nitrogens with two attached hydrogens (primary N) is 1. The maximum absolute atomic E-state index is 13.1. The van der Waals surface area contributed by atoms with Crippen molar-refractivity contribution < 1.29 is 14.7 Å². The van der Waals surface area contributed by atoms with Crippen molar-refractivity contribution in [2.24, 2.45) is 5.73 Å². The average molecular weight is 387 g/mol. The third-order valence-corrected chi connectivity index (χ3v) is 4.64. The van der Waals surface area contributed by atoms with E-state index in [0.717, 1.165) is 12.0 Å². The van der Waals surface area contributed by atoms with E-state index in [1.54, 1.807) is 54.6 Å². The molecule has 0 spiro atoms. The number of carboxylic acid groups (broad SMARTS) is 1.